The average molecular weight is 406 g/mol. The summed E-state index contributed by atoms with van der Waals surface area (Å²) in [6.45, 7) is 4.49. The molecule has 2 heteroatoms. The van der Waals surface area contributed by atoms with Gasteiger partial charge in [-0.1, -0.05) is 74.0 Å². The molecule has 0 spiro atoms. The molecule has 1 aliphatic carbocycles. The van der Waals surface area contributed by atoms with Gasteiger partial charge in [-0.25, -0.2) is 0 Å². The van der Waals surface area contributed by atoms with E-state index < -0.39 is 0 Å². The second kappa shape index (κ2) is 6.87. The minimum Gasteiger partial charge on any atom is -0.192 e. The van der Waals surface area contributed by atoms with Crippen LogP contribution in [0.15, 0.2) is 84.9 Å². The third-order valence-corrected chi connectivity index (χ3v) is 6.43. The first kappa shape index (κ1) is 18.7. The predicted octanol–water partition coefficient (Wildman–Crippen LogP) is 7.85. The molecule has 4 aromatic carbocycles. The van der Waals surface area contributed by atoms with Crippen molar-refractivity contribution in [2.75, 3.05) is 0 Å². The minimum absolute atomic E-state index is 0.138. The van der Waals surface area contributed by atoms with Crippen LogP contribution in [-0.2, 0) is 5.41 Å². The monoisotopic (exact) mass is 405 g/mol. The zero-order valence-electron chi connectivity index (χ0n) is 16.9. The minimum atomic E-state index is -0.138. The lowest BCUT2D eigenvalue weighted by Gasteiger charge is -2.22. The maximum Gasteiger partial charge on any atom is 0.0991 e. The van der Waals surface area contributed by atoms with Crippen molar-refractivity contribution < 1.29 is 0 Å². The van der Waals surface area contributed by atoms with Crippen molar-refractivity contribution in [1.29, 1.82) is 5.26 Å². The topological polar surface area (TPSA) is 23.8 Å². The first-order valence-corrected chi connectivity index (χ1v) is 10.4. The lowest BCUT2D eigenvalue weighted by molar-refractivity contribution is 0.660. The molecule has 0 aliphatic heterocycles. The third kappa shape index (κ3) is 2.93. The molecular formula is C28H20ClN. The molecule has 0 N–H and O–H groups in total. The van der Waals surface area contributed by atoms with Crippen LogP contribution >= 0.6 is 11.6 Å². The van der Waals surface area contributed by atoms with Gasteiger partial charge in [0.15, 0.2) is 0 Å². The van der Waals surface area contributed by atoms with Crippen molar-refractivity contribution in [2.24, 2.45) is 0 Å². The number of benzene rings is 4. The molecule has 144 valence electrons. The highest BCUT2D eigenvalue weighted by Crippen LogP contribution is 2.49. The summed E-state index contributed by atoms with van der Waals surface area (Å²) in [5, 5.41) is 10.1. The fourth-order valence-electron chi connectivity index (χ4n) is 4.51. The number of nitrogens with zero attached hydrogens (tertiary/aromatic N) is 1. The average Bonchev–Trinajstić information content (AvgIpc) is 3.00. The van der Waals surface area contributed by atoms with E-state index in [9.17, 15) is 5.26 Å². The van der Waals surface area contributed by atoms with Gasteiger partial charge in [0.05, 0.1) is 11.6 Å². The van der Waals surface area contributed by atoms with Crippen molar-refractivity contribution in [3.8, 4) is 39.4 Å². The van der Waals surface area contributed by atoms with Gasteiger partial charge in [-0.05, 0) is 80.9 Å². The Labute approximate surface area is 182 Å². The van der Waals surface area contributed by atoms with Gasteiger partial charge in [-0.3, -0.25) is 0 Å². The van der Waals surface area contributed by atoms with Gasteiger partial charge in [-0.15, -0.1) is 0 Å². The van der Waals surface area contributed by atoms with Crippen molar-refractivity contribution >= 4 is 11.6 Å². The van der Waals surface area contributed by atoms with Crippen LogP contribution in [0.2, 0.25) is 5.02 Å². The number of rotatable bonds is 2. The van der Waals surface area contributed by atoms with E-state index in [4.69, 9.17) is 11.6 Å². The number of fused-ring (bicyclic) bond motifs is 3. The molecule has 0 bridgehead atoms. The zero-order chi connectivity index (χ0) is 20.9. The number of hydrogen-bond acceptors (Lipinski definition) is 1. The second-order valence-corrected chi connectivity index (χ2v) is 8.78. The summed E-state index contributed by atoms with van der Waals surface area (Å²) < 4.78 is 0. The van der Waals surface area contributed by atoms with Crippen LogP contribution in [0, 0.1) is 11.3 Å². The highest BCUT2D eigenvalue weighted by Gasteiger charge is 2.35. The molecule has 4 aromatic rings. The van der Waals surface area contributed by atoms with Crippen LogP contribution in [-0.4, -0.2) is 0 Å². The normalized spacial score (nSPS) is 13.4. The Morgan fingerprint density at radius 3 is 1.93 bits per heavy atom. The molecule has 0 heterocycles. The lowest BCUT2D eigenvalue weighted by atomic mass is 9.81. The molecule has 0 atom stereocenters. The quantitative estimate of drug-likeness (QED) is 0.333. The molecule has 0 aromatic heterocycles. The summed E-state index contributed by atoms with van der Waals surface area (Å²) in [6.07, 6.45) is 0. The van der Waals surface area contributed by atoms with Crippen LogP contribution < -0.4 is 0 Å². The smallest absolute Gasteiger partial charge is 0.0991 e. The highest BCUT2D eigenvalue weighted by molar-refractivity contribution is 6.30. The van der Waals surface area contributed by atoms with E-state index in [-0.39, 0.29) is 5.41 Å². The summed E-state index contributed by atoms with van der Waals surface area (Å²) >= 11 is 6.05. The lowest BCUT2D eigenvalue weighted by Crippen LogP contribution is -2.15. The molecule has 1 aliphatic rings. The van der Waals surface area contributed by atoms with Crippen LogP contribution in [0.1, 0.15) is 30.5 Å². The van der Waals surface area contributed by atoms with E-state index in [1.54, 1.807) is 0 Å². The first-order chi connectivity index (χ1) is 14.5. The SMILES string of the molecule is CC1(C)c2cc(C#N)ccc2-c2ccc(-c3cccc(-c4ccc(Cl)cc4)c3)cc21. The van der Waals surface area contributed by atoms with E-state index in [1.807, 2.05) is 24.3 Å². The van der Waals surface area contributed by atoms with Gasteiger partial charge < -0.3 is 0 Å². The summed E-state index contributed by atoms with van der Waals surface area (Å²) in [5.41, 5.74) is 10.3. The van der Waals surface area contributed by atoms with Gasteiger partial charge in [0.1, 0.15) is 0 Å². The molecule has 30 heavy (non-hydrogen) atoms. The largest absolute Gasteiger partial charge is 0.192 e. The van der Waals surface area contributed by atoms with Crippen molar-refractivity contribution in [1.82, 2.24) is 0 Å². The van der Waals surface area contributed by atoms with Crippen molar-refractivity contribution in [3.63, 3.8) is 0 Å². The predicted molar refractivity (Wildman–Crippen MR) is 125 cm³/mol. The Morgan fingerprint density at radius 2 is 1.23 bits per heavy atom. The van der Waals surface area contributed by atoms with E-state index in [0.717, 1.165) is 10.6 Å². The van der Waals surface area contributed by atoms with Crippen LogP contribution in [0.4, 0.5) is 0 Å². The molecule has 1 nitrogen and oxygen atoms in total. The Bertz CT molecular complexity index is 1320. The second-order valence-electron chi connectivity index (χ2n) is 8.35. The van der Waals surface area contributed by atoms with E-state index >= 15 is 0 Å². The molecule has 0 saturated heterocycles. The Morgan fingerprint density at radius 1 is 0.667 bits per heavy atom. The fourth-order valence-corrected chi connectivity index (χ4v) is 4.63. The maximum atomic E-state index is 9.33. The molecule has 0 fully saturated rings. The van der Waals surface area contributed by atoms with E-state index in [1.165, 1.54) is 38.9 Å². The molecule has 0 amide bonds. The molecule has 0 radical (unpaired) electrons. The standard InChI is InChI=1S/C28H20ClN/c1-28(2)26-14-18(17-30)6-12-24(26)25-13-9-22(16-27(25)28)21-5-3-4-20(15-21)19-7-10-23(29)11-8-19/h3-16H,1-2H3. The van der Waals surface area contributed by atoms with Crippen molar-refractivity contribution in [2.45, 2.75) is 19.3 Å². The van der Waals surface area contributed by atoms with Gasteiger partial charge in [0.25, 0.3) is 0 Å². The van der Waals surface area contributed by atoms with Crippen LogP contribution in [0.25, 0.3) is 33.4 Å². The number of nitriles is 1. The number of hydrogen-bond donors (Lipinski definition) is 0. The molecule has 5 rings (SSSR count). The summed E-state index contributed by atoms with van der Waals surface area (Å²) in [4.78, 5) is 0. The van der Waals surface area contributed by atoms with Crippen LogP contribution in [0.3, 0.4) is 0 Å². The first-order valence-electron chi connectivity index (χ1n) is 10.0. The van der Waals surface area contributed by atoms with Gasteiger partial charge >= 0.3 is 0 Å². The van der Waals surface area contributed by atoms with E-state index in [0.29, 0.717) is 5.56 Å². The van der Waals surface area contributed by atoms with Crippen molar-refractivity contribution in [3.05, 3.63) is 107 Å². The van der Waals surface area contributed by atoms with E-state index in [2.05, 4.69) is 80.6 Å². The zero-order valence-corrected chi connectivity index (χ0v) is 17.7. The molecule has 0 unspecified atom stereocenters. The summed E-state index contributed by atoms with van der Waals surface area (Å²) in [6, 6.07) is 31.6. The number of halogens is 1. The fraction of sp³-hybridized carbons (Fsp3) is 0.107. The summed E-state index contributed by atoms with van der Waals surface area (Å²) in [7, 11) is 0. The third-order valence-electron chi connectivity index (χ3n) is 6.18. The van der Waals surface area contributed by atoms with Crippen LogP contribution in [0.5, 0.6) is 0 Å². The highest BCUT2D eigenvalue weighted by atomic mass is 35.5. The van der Waals surface area contributed by atoms with Gasteiger partial charge in [-0.2, -0.15) is 5.26 Å². The summed E-state index contributed by atoms with van der Waals surface area (Å²) in [5.74, 6) is 0. The molecular weight excluding hydrogens is 386 g/mol. The molecule has 0 saturated carbocycles. The van der Waals surface area contributed by atoms with Gasteiger partial charge in [0, 0.05) is 10.4 Å². The Hall–Kier alpha value is -3.34. The Kier molecular flexibility index (Phi) is 4.28. The van der Waals surface area contributed by atoms with Gasteiger partial charge in [0.2, 0.25) is 0 Å². The Balaban J connectivity index is 1.60. The maximum absolute atomic E-state index is 9.33.